The Kier molecular flexibility index (Phi) is 3.94. The molecule has 0 N–H and O–H groups in total. The van der Waals surface area contributed by atoms with Crippen LogP contribution in [0.4, 0.5) is 0 Å². The van der Waals surface area contributed by atoms with Gasteiger partial charge in [-0.2, -0.15) is 0 Å². The van der Waals surface area contributed by atoms with Crippen LogP contribution in [-0.4, -0.2) is 23.9 Å². The Hall–Kier alpha value is -1.88. The van der Waals surface area contributed by atoms with Gasteiger partial charge in [0.1, 0.15) is 12.4 Å². The Morgan fingerprint density at radius 1 is 1.28 bits per heavy atom. The van der Waals surface area contributed by atoms with Crippen LogP contribution in [-0.2, 0) is 11.3 Å². The Bertz CT molecular complexity index is 523. The van der Waals surface area contributed by atoms with Gasteiger partial charge in [-0.1, -0.05) is 0 Å². The van der Waals surface area contributed by atoms with E-state index in [0.717, 1.165) is 16.9 Å². The molecule has 0 unspecified atom stereocenters. The molecule has 2 aromatic rings. The van der Waals surface area contributed by atoms with Crippen molar-refractivity contribution in [2.24, 2.45) is 0 Å². The molecule has 2 rings (SSSR count). The fraction of sp³-hybridized carbons (Fsp3) is 0.385. The highest BCUT2D eigenvalue weighted by molar-refractivity contribution is 5.56. The van der Waals surface area contributed by atoms with Crippen LogP contribution in [0.1, 0.15) is 18.4 Å². The van der Waals surface area contributed by atoms with Crippen LogP contribution in [0.5, 0.6) is 5.75 Å². The van der Waals surface area contributed by atoms with Crippen LogP contribution in [0.2, 0.25) is 0 Å². The summed E-state index contributed by atoms with van der Waals surface area (Å²) in [6.45, 7) is 4.92. The van der Waals surface area contributed by atoms with Gasteiger partial charge in [-0.05, 0) is 37.6 Å². The number of hydrogen-bond acceptors (Lipinski definition) is 5. The van der Waals surface area contributed by atoms with Crippen LogP contribution in [0.25, 0.3) is 11.5 Å². The number of nitrogens with zero attached hydrogens (tertiary/aromatic N) is 2. The van der Waals surface area contributed by atoms with Gasteiger partial charge >= 0.3 is 0 Å². The second-order valence-corrected chi connectivity index (χ2v) is 3.85. The predicted octanol–water partition coefficient (Wildman–Crippen LogP) is 2.59. The molecule has 0 fully saturated rings. The van der Waals surface area contributed by atoms with E-state index in [1.807, 2.05) is 32.0 Å². The van der Waals surface area contributed by atoms with Gasteiger partial charge in [-0.15, -0.1) is 10.2 Å². The first-order valence-electron chi connectivity index (χ1n) is 5.79. The summed E-state index contributed by atoms with van der Waals surface area (Å²) in [5, 5.41) is 7.88. The largest absolute Gasteiger partial charge is 0.494 e. The molecule has 1 heterocycles. The standard InChI is InChI=1S/C13H16N2O3/c1-4-17-11-6-5-10(7-9(11)2)13-15-14-12(18-13)8-16-3/h5-7H,4,8H2,1-3H3. The second kappa shape index (κ2) is 5.64. The van der Waals surface area contributed by atoms with Crippen LogP contribution in [0, 0.1) is 6.92 Å². The smallest absolute Gasteiger partial charge is 0.247 e. The minimum absolute atomic E-state index is 0.322. The summed E-state index contributed by atoms with van der Waals surface area (Å²) < 4.78 is 15.9. The molecule has 0 amide bonds. The lowest BCUT2D eigenvalue weighted by atomic mass is 10.1. The zero-order valence-corrected chi connectivity index (χ0v) is 10.8. The normalized spacial score (nSPS) is 10.6. The van der Waals surface area contributed by atoms with Gasteiger partial charge in [0, 0.05) is 12.7 Å². The van der Waals surface area contributed by atoms with Crippen molar-refractivity contribution in [2.75, 3.05) is 13.7 Å². The molecule has 0 spiro atoms. The molecular formula is C13H16N2O3. The molecule has 0 bridgehead atoms. The van der Waals surface area contributed by atoms with Gasteiger partial charge in [0.05, 0.1) is 6.61 Å². The lowest BCUT2D eigenvalue weighted by Gasteiger charge is -2.07. The van der Waals surface area contributed by atoms with Crippen molar-refractivity contribution in [1.82, 2.24) is 10.2 Å². The first kappa shape index (κ1) is 12.6. The minimum atomic E-state index is 0.322. The molecule has 0 aliphatic rings. The Morgan fingerprint density at radius 2 is 2.11 bits per heavy atom. The number of aryl methyl sites for hydroxylation is 1. The van der Waals surface area contributed by atoms with Crippen molar-refractivity contribution in [3.05, 3.63) is 29.7 Å². The molecule has 96 valence electrons. The van der Waals surface area contributed by atoms with E-state index in [9.17, 15) is 0 Å². The average Bonchev–Trinajstić information content (AvgIpc) is 2.81. The van der Waals surface area contributed by atoms with Gasteiger partial charge in [-0.3, -0.25) is 0 Å². The van der Waals surface area contributed by atoms with E-state index in [4.69, 9.17) is 13.9 Å². The van der Waals surface area contributed by atoms with Crippen molar-refractivity contribution in [3.63, 3.8) is 0 Å². The zero-order valence-electron chi connectivity index (χ0n) is 10.8. The molecule has 0 aliphatic carbocycles. The summed E-state index contributed by atoms with van der Waals surface area (Å²) in [5.74, 6) is 1.84. The van der Waals surface area contributed by atoms with E-state index in [1.54, 1.807) is 7.11 Å². The Labute approximate surface area is 106 Å². The highest BCUT2D eigenvalue weighted by Gasteiger charge is 2.10. The number of ether oxygens (including phenoxy) is 2. The van der Waals surface area contributed by atoms with Gasteiger partial charge in [0.25, 0.3) is 0 Å². The molecule has 5 heteroatoms. The topological polar surface area (TPSA) is 57.4 Å². The molecule has 1 aromatic carbocycles. The molecular weight excluding hydrogens is 232 g/mol. The van der Waals surface area contributed by atoms with Crippen molar-refractivity contribution in [2.45, 2.75) is 20.5 Å². The Morgan fingerprint density at radius 3 is 2.78 bits per heavy atom. The number of rotatable bonds is 5. The quantitative estimate of drug-likeness (QED) is 0.814. The van der Waals surface area contributed by atoms with Gasteiger partial charge in [-0.25, -0.2) is 0 Å². The second-order valence-electron chi connectivity index (χ2n) is 3.85. The summed E-state index contributed by atoms with van der Waals surface area (Å²) in [7, 11) is 1.59. The molecule has 0 atom stereocenters. The first-order valence-corrected chi connectivity index (χ1v) is 5.79. The van der Waals surface area contributed by atoms with Crippen LogP contribution in [0.15, 0.2) is 22.6 Å². The van der Waals surface area contributed by atoms with E-state index in [-0.39, 0.29) is 0 Å². The third-order valence-corrected chi connectivity index (χ3v) is 2.46. The molecule has 18 heavy (non-hydrogen) atoms. The molecule has 0 radical (unpaired) electrons. The minimum Gasteiger partial charge on any atom is -0.494 e. The highest BCUT2D eigenvalue weighted by atomic mass is 16.5. The van der Waals surface area contributed by atoms with Crippen molar-refractivity contribution >= 4 is 0 Å². The van der Waals surface area contributed by atoms with Gasteiger partial charge in [0.2, 0.25) is 11.8 Å². The molecule has 0 saturated carbocycles. The highest BCUT2D eigenvalue weighted by Crippen LogP contribution is 2.25. The molecule has 0 saturated heterocycles. The van der Waals surface area contributed by atoms with Gasteiger partial charge in [0.15, 0.2) is 0 Å². The molecule has 0 aliphatic heterocycles. The van der Waals surface area contributed by atoms with E-state index in [0.29, 0.717) is 25.0 Å². The number of methoxy groups -OCH3 is 1. The Balaban J connectivity index is 2.24. The molecule has 5 nitrogen and oxygen atoms in total. The third kappa shape index (κ3) is 2.68. The lowest BCUT2D eigenvalue weighted by Crippen LogP contribution is -1.94. The maximum atomic E-state index is 5.48. The summed E-state index contributed by atoms with van der Waals surface area (Å²) in [6.07, 6.45) is 0. The van der Waals surface area contributed by atoms with Crippen LogP contribution >= 0.6 is 0 Å². The predicted molar refractivity (Wildman–Crippen MR) is 66.4 cm³/mol. The monoisotopic (exact) mass is 248 g/mol. The third-order valence-electron chi connectivity index (χ3n) is 2.46. The summed E-state index contributed by atoms with van der Waals surface area (Å²) >= 11 is 0. The van der Waals surface area contributed by atoms with Gasteiger partial charge < -0.3 is 13.9 Å². The number of benzene rings is 1. The fourth-order valence-electron chi connectivity index (χ4n) is 1.65. The maximum absolute atomic E-state index is 5.48. The van der Waals surface area contributed by atoms with Crippen molar-refractivity contribution in [3.8, 4) is 17.2 Å². The van der Waals surface area contributed by atoms with Crippen LogP contribution < -0.4 is 4.74 Å². The van der Waals surface area contributed by atoms with Crippen molar-refractivity contribution < 1.29 is 13.9 Å². The zero-order chi connectivity index (χ0) is 13.0. The maximum Gasteiger partial charge on any atom is 0.247 e. The summed E-state index contributed by atoms with van der Waals surface area (Å²) in [5.41, 5.74) is 1.92. The fourth-order valence-corrected chi connectivity index (χ4v) is 1.65. The molecule has 1 aromatic heterocycles. The van der Waals surface area contributed by atoms with E-state index in [1.165, 1.54) is 0 Å². The van der Waals surface area contributed by atoms with E-state index >= 15 is 0 Å². The lowest BCUT2D eigenvalue weighted by molar-refractivity contribution is 0.160. The SMILES string of the molecule is CCOc1ccc(-c2nnc(COC)o2)cc1C. The van der Waals surface area contributed by atoms with Crippen molar-refractivity contribution in [1.29, 1.82) is 0 Å². The summed E-state index contributed by atoms with van der Waals surface area (Å²) in [4.78, 5) is 0. The number of hydrogen-bond donors (Lipinski definition) is 0. The van der Waals surface area contributed by atoms with E-state index in [2.05, 4.69) is 10.2 Å². The average molecular weight is 248 g/mol. The van der Waals surface area contributed by atoms with Crippen LogP contribution in [0.3, 0.4) is 0 Å². The number of aromatic nitrogens is 2. The summed E-state index contributed by atoms with van der Waals surface area (Å²) in [6, 6.07) is 5.78. The first-order chi connectivity index (χ1) is 8.74. The van der Waals surface area contributed by atoms with E-state index < -0.39 is 0 Å².